The summed E-state index contributed by atoms with van der Waals surface area (Å²) in [7, 11) is 1.83. The Kier molecular flexibility index (Phi) is 7.97. The molecule has 150 valence electrons. The molecule has 5 nitrogen and oxygen atoms in total. The molecule has 0 bridgehead atoms. The Morgan fingerprint density at radius 3 is 2.74 bits per heavy atom. The first-order valence-corrected chi connectivity index (χ1v) is 10.9. The number of nitrogens with zero attached hydrogens (tertiary/aromatic N) is 1. The van der Waals surface area contributed by atoms with Crippen LogP contribution in [0.4, 0.5) is 0 Å². The second-order valence-corrected chi connectivity index (χ2v) is 8.45. The first kappa shape index (κ1) is 20.6. The minimum atomic E-state index is 0.241. The molecule has 1 saturated heterocycles. The van der Waals surface area contributed by atoms with Crippen molar-refractivity contribution in [2.75, 3.05) is 46.6 Å². The molecule has 1 aliphatic heterocycles. The fraction of sp³-hybridized carbons (Fsp3) is 0.667. The summed E-state index contributed by atoms with van der Waals surface area (Å²) in [4.78, 5) is 4.35. The van der Waals surface area contributed by atoms with Crippen LogP contribution in [-0.4, -0.2) is 52.5 Å². The van der Waals surface area contributed by atoms with Gasteiger partial charge in [0, 0.05) is 56.5 Å². The summed E-state index contributed by atoms with van der Waals surface area (Å²) in [6.07, 6.45) is 5.70. The van der Waals surface area contributed by atoms with E-state index in [1.54, 1.807) is 0 Å². The number of benzene rings is 1. The van der Waals surface area contributed by atoms with Gasteiger partial charge in [-0.3, -0.25) is 4.99 Å². The summed E-state index contributed by atoms with van der Waals surface area (Å²) < 4.78 is 12.4. The van der Waals surface area contributed by atoms with Crippen LogP contribution in [0.5, 0.6) is 0 Å². The molecule has 27 heavy (non-hydrogen) atoms. The number of nitrogens with one attached hydrogen (secondary N) is 2. The molecule has 6 heteroatoms. The lowest BCUT2D eigenvalue weighted by atomic mass is 9.96. The van der Waals surface area contributed by atoms with Gasteiger partial charge >= 0.3 is 0 Å². The maximum Gasteiger partial charge on any atom is 0.191 e. The Morgan fingerprint density at radius 2 is 2.04 bits per heavy atom. The van der Waals surface area contributed by atoms with Crippen LogP contribution in [0.2, 0.25) is 0 Å². The number of aliphatic imine (C=N–C) groups is 1. The first-order valence-electron chi connectivity index (χ1n) is 10.1. The molecule has 1 heterocycles. The molecule has 0 amide bonds. The van der Waals surface area contributed by atoms with Crippen LogP contribution in [0.25, 0.3) is 0 Å². The molecule has 3 rings (SSSR count). The van der Waals surface area contributed by atoms with Crippen molar-refractivity contribution in [2.24, 2.45) is 10.9 Å². The molecule has 2 aliphatic rings. The zero-order valence-corrected chi connectivity index (χ0v) is 17.9. The predicted octanol–water partition coefficient (Wildman–Crippen LogP) is 3.48. The number of hydrogen-bond acceptors (Lipinski definition) is 3. The summed E-state index contributed by atoms with van der Waals surface area (Å²) in [5, 5.41) is 6.91. The Labute approximate surface area is 171 Å². The molecule has 1 saturated carbocycles. The van der Waals surface area contributed by atoms with E-state index in [2.05, 4.69) is 55.8 Å². The van der Waals surface area contributed by atoms with E-state index in [0.717, 1.165) is 64.7 Å². The number of ether oxygens (including phenoxy) is 2. The average Bonchev–Trinajstić information content (AvgIpc) is 3.49. The molecular formula is C21H32BrN3O2. The molecule has 0 radical (unpaired) electrons. The van der Waals surface area contributed by atoms with Crippen LogP contribution in [-0.2, 0) is 14.9 Å². The second-order valence-electron chi connectivity index (χ2n) is 7.60. The Balaban J connectivity index is 1.31. The Hall–Kier alpha value is -1.11. The third-order valence-electron chi connectivity index (χ3n) is 5.57. The fourth-order valence-corrected chi connectivity index (χ4v) is 4.31. The summed E-state index contributed by atoms with van der Waals surface area (Å²) in [5.41, 5.74) is 1.64. The van der Waals surface area contributed by atoms with Crippen LogP contribution in [0.1, 0.15) is 37.7 Å². The summed E-state index contributed by atoms with van der Waals surface area (Å²) in [5.74, 6) is 1.55. The van der Waals surface area contributed by atoms with E-state index in [1.165, 1.54) is 22.9 Å². The number of guanidine groups is 1. The second kappa shape index (κ2) is 10.4. The van der Waals surface area contributed by atoms with E-state index in [1.807, 2.05) is 7.05 Å². The van der Waals surface area contributed by atoms with Gasteiger partial charge in [-0.15, -0.1) is 0 Å². The molecule has 0 atom stereocenters. The van der Waals surface area contributed by atoms with Crippen molar-refractivity contribution in [3.8, 4) is 0 Å². The van der Waals surface area contributed by atoms with Crippen molar-refractivity contribution in [1.82, 2.24) is 10.6 Å². The molecule has 1 aromatic rings. The lowest BCUT2D eigenvalue weighted by Crippen LogP contribution is -2.41. The monoisotopic (exact) mass is 437 g/mol. The number of rotatable bonds is 9. The van der Waals surface area contributed by atoms with Crippen molar-refractivity contribution in [3.05, 3.63) is 34.3 Å². The van der Waals surface area contributed by atoms with Crippen molar-refractivity contribution < 1.29 is 9.47 Å². The zero-order valence-electron chi connectivity index (χ0n) is 16.3. The third-order valence-corrected chi connectivity index (χ3v) is 6.26. The van der Waals surface area contributed by atoms with E-state index in [-0.39, 0.29) is 5.41 Å². The van der Waals surface area contributed by atoms with E-state index in [0.29, 0.717) is 5.92 Å². The molecule has 1 aliphatic carbocycles. The van der Waals surface area contributed by atoms with E-state index in [9.17, 15) is 0 Å². The number of halogens is 1. The summed E-state index contributed by atoms with van der Waals surface area (Å²) in [6.45, 7) is 5.22. The highest BCUT2D eigenvalue weighted by Gasteiger charge is 2.45. The lowest BCUT2D eigenvalue weighted by molar-refractivity contribution is 0.0203. The van der Waals surface area contributed by atoms with Gasteiger partial charge in [-0.2, -0.15) is 0 Å². The van der Waals surface area contributed by atoms with Crippen molar-refractivity contribution in [3.63, 3.8) is 0 Å². The van der Waals surface area contributed by atoms with Gasteiger partial charge in [-0.1, -0.05) is 34.1 Å². The molecule has 0 aromatic heterocycles. The topological polar surface area (TPSA) is 54.9 Å². The zero-order chi connectivity index (χ0) is 19.0. The average molecular weight is 438 g/mol. The van der Waals surface area contributed by atoms with Crippen molar-refractivity contribution in [2.45, 2.75) is 37.5 Å². The van der Waals surface area contributed by atoms with Gasteiger partial charge in [0.1, 0.15) is 0 Å². The molecule has 2 fully saturated rings. The van der Waals surface area contributed by atoms with E-state index < -0.39 is 0 Å². The highest BCUT2D eigenvalue weighted by molar-refractivity contribution is 9.10. The number of hydrogen-bond donors (Lipinski definition) is 2. The standard InChI is InChI=1S/C21H32BrN3O2/c1-23-20(24-11-4-12-27-15-17-7-13-26-14-8-17)25-16-21(9-10-21)18-5-2-3-6-19(18)22/h2-3,5-6,17H,4,7-16H2,1H3,(H2,23,24,25). The van der Waals surface area contributed by atoms with Crippen molar-refractivity contribution >= 4 is 21.9 Å². The smallest absolute Gasteiger partial charge is 0.191 e. The largest absolute Gasteiger partial charge is 0.381 e. The van der Waals surface area contributed by atoms with Crippen LogP contribution >= 0.6 is 15.9 Å². The minimum absolute atomic E-state index is 0.241. The highest BCUT2D eigenvalue weighted by atomic mass is 79.9. The van der Waals surface area contributed by atoms with E-state index in [4.69, 9.17) is 9.47 Å². The molecule has 2 N–H and O–H groups in total. The molecule has 1 aromatic carbocycles. The van der Waals surface area contributed by atoms with Gasteiger partial charge in [0.2, 0.25) is 0 Å². The Morgan fingerprint density at radius 1 is 1.26 bits per heavy atom. The normalized spacial score (nSPS) is 19.7. The van der Waals surface area contributed by atoms with Crippen molar-refractivity contribution in [1.29, 1.82) is 0 Å². The highest BCUT2D eigenvalue weighted by Crippen LogP contribution is 2.49. The quantitative estimate of drug-likeness (QED) is 0.352. The van der Waals surface area contributed by atoms with Gasteiger partial charge in [0.25, 0.3) is 0 Å². The summed E-state index contributed by atoms with van der Waals surface area (Å²) in [6, 6.07) is 8.54. The predicted molar refractivity (Wildman–Crippen MR) is 113 cm³/mol. The molecular weight excluding hydrogens is 406 g/mol. The van der Waals surface area contributed by atoms with Gasteiger partial charge < -0.3 is 20.1 Å². The maximum atomic E-state index is 5.82. The lowest BCUT2D eigenvalue weighted by Gasteiger charge is -2.22. The first-order chi connectivity index (χ1) is 13.2. The van der Waals surface area contributed by atoms with E-state index >= 15 is 0 Å². The molecule has 0 spiro atoms. The van der Waals surface area contributed by atoms with Crippen LogP contribution in [0.3, 0.4) is 0 Å². The summed E-state index contributed by atoms with van der Waals surface area (Å²) >= 11 is 3.70. The van der Waals surface area contributed by atoms with Gasteiger partial charge in [-0.05, 0) is 49.7 Å². The van der Waals surface area contributed by atoms with Gasteiger partial charge in [0.15, 0.2) is 5.96 Å². The third kappa shape index (κ3) is 6.19. The SMILES string of the molecule is CN=C(NCCCOCC1CCOCC1)NCC1(c2ccccc2Br)CC1. The van der Waals surface area contributed by atoms with Crippen LogP contribution < -0.4 is 10.6 Å². The van der Waals surface area contributed by atoms with Gasteiger partial charge in [-0.25, -0.2) is 0 Å². The van der Waals surface area contributed by atoms with Crippen LogP contribution in [0.15, 0.2) is 33.7 Å². The minimum Gasteiger partial charge on any atom is -0.381 e. The fourth-order valence-electron chi connectivity index (χ4n) is 3.60. The van der Waals surface area contributed by atoms with Gasteiger partial charge in [0.05, 0.1) is 0 Å². The molecule has 0 unspecified atom stereocenters. The van der Waals surface area contributed by atoms with Crippen LogP contribution in [0, 0.1) is 5.92 Å². The Bertz CT molecular complexity index is 613. The maximum absolute atomic E-state index is 5.82.